The summed E-state index contributed by atoms with van der Waals surface area (Å²) in [5, 5.41) is 8.65. The highest BCUT2D eigenvalue weighted by Crippen LogP contribution is 2.29. The Bertz CT molecular complexity index is 812. The van der Waals surface area contributed by atoms with Crippen LogP contribution in [0.1, 0.15) is 50.5 Å². The third kappa shape index (κ3) is 2.95. The molecular weight excluding hydrogens is 302 g/mol. The quantitative estimate of drug-likeness (QED) is 0.942. The van der Waals surface area contributed by atoms with Crippen LogP contribution in [0.25, 0.3) is 10.8 Å². The van der Waals surface area contributed by atoms with Crippen LogP contribution in [-0.2, 0) is 6.54 Å². The molecule has 0 spiro atoms. The number of aryl methyl sites for hydroxylation is 1. The van der Waals surface area contributed by atoms with Crippen molar-refractivity contribution in [2.45, 2.75) is 52.6 Å². The van der Waals surface area contributed by atoms with E-state index in [1.54, 1.807) is 12.1 Å². The monoisotopic (exact) mass is 327 g/mol. The summed E-state index contributed by atoms with van der Waals surface area (Å²) in [5.41, 5.74) is 0.196. The van der Waals surface area contributed by atoms with Crippen molar-refractivity contribution < 1.29 is 4.79 Å². The van der Waals surface area contributed by atoms with Crippen LogP contribution in [0.4, 0.5) is 0 Å². The van der Waals surface area contributed by atoms with Crippen molar-refractivity contribution >= 4 is 16.7 Å². The normalized spacial score (nSPS) is 24.0. The number of aromatic nitrogens is 2. The van der Waals surface area contributed by atoms with Gasteiger partial charge >= 0.3 is 0 Å². The van der Waals surface area contributed by atoms with Gasteiger partial charge in [0, 0.05) is 18.0 Å². The Morgan fingerprint density at radius 1 is 1.25 bits per heavy atom. The zero-order chi connectivity index (χ0) is 17.3. The summed E-state index contributed by atoms with van der Waals surface area (Å²) in [6.45, 7) is 6.75. The van der Waals surface area contributed by atoms with E-state index < -0.39 is 0 Å². The molecule has 0 aliphatic heterocycles. The lowest BCUT2D eigenvalue weighted by molar-refractivity contribution is 0.0885. The molecule has 0 saturated heterocycles. The van der Waals surface area contributed by atoms with Gasteiger partial charge in [0.15, 0.2) is 5.69 Å². The molecule has 1 fully saturated rings. The summed E-state index contributed by atoms with van der Waals surface area (Å²) in [4.78, 5) is 25.3. The van der Waals surface area contributed by atoms with E-state index in [0.717, 1.165) is 12.8 Å². The molecule has 1 aromatic heterocycles. The van der Waals surface area contributed by atoms with Gasteiger partial charge in [-0.1, -0.05) is 44.9 Å². The Balaban J connectivity index is 1.98. The number of carbonyl (C=O) groups is 1. The van der Waals surface area contributed by atoms with Gasteiger partial charge in [-0.2, -0.15) is 5.10 Å². The van der Waals surface area contributed by atoms with Crippen LogP contribution in [-0.4, -0.2) is 21.7 Å². The van der Waals surface area contributed by atoms with E-state index in [2.05, 4.69) is 24.3 Å². The highest BCUT2D eigenvalue weighted by molar-refractivity contribution is 6.04. The number of hydrogen-bond acceptors (Lipinski definition) is 3. The first-order valence-electron chi connectivity index (χ1n) is 8.83. The van der Waals surface area contributed by atoms with E-state index in [4.69, 9.17) is 0 Å². The SMILES string of the molecule is CCn1nc(C(=O)N[C@@H]2CCC[C@H](C)[C@@H]2C)c2ccccc2c1=O. The number of nitrogens with one attached hydrogen (secondary N) is 1. The Labute approximate surface area is 142 Å². The number of fused-ring (bicyclic) bond motifs is 1. The molecule has 1 saturated carbocycles. The predicted molar refractivity (Wildman–Crippen MR) is 95.1 cm³/mol. The van der Waals surface area contributed by atoms with Crippen LogP contribution in [0.5, 0.6) is 0 Å². The van der Waals surface area contributed by atoms with Crippen molar-refractivity contribution in [3.05, 3.63) is 40.3 Å². The summed E-state index contributed by atoms with van der Waals surface area (Å²) in [7, 11) is 0. The Hall–Kier alpha value is -2.17. The first-order chi connectivity index (χ1) is 11.5. The van der Waals surface area contributed by atoms with Crippen molar-refractivity contribution in [2.24, 2.45) is 11.8 Å². The number of carbonyl (C=O) groups excluding carboxylic acids is 1. The van der Waals surface area contributed by atoms with Gasteiger partial charge in [-0.3, -0.25) is 9.59 Å². The molecule has 1 aliphatic rings. The number of rotatable bonds is 3. The zero-order valence-corrected chi connectivity index (χ0v) is 14.6. The predicted octanol–water partition coefficient (Wildman–Crippen LogP) is 2.97. The highest BCUT2D eigenvalue weighted by Gasteiger charge is 2.29. The Kier molecular flexibility index (Phi) is 4.69. The maximum absolute atomic E-state index is 12.9. The molecule has 3 atom stereocenters. The Morgan fingerprint density at radius 3 is 2.67 bits per heavy atom. The second kappa shape index (κ2) is 6.75. The average molecular weight is 327 g/mol. The molecule has 1 aliphatic carbocycles. The largest absolute Gasteiger partial charge is 0.348 e. The first kappa shape index (κ1) is 16.7. The molecule has 3 rings (SSSR count). The molecule has 1 amide bonds. The van der Waals surface area contributed by atoms with Gasteiger partial charge in [-0.25, -0.2) is 4.68 Å². The fourth-order valence-corrected chi connectivity index (χ4v) is 3.64. The topological polar surface area (TPSA) is 64.0 Å². The lowest BCUT2D eigenvalue weighted by atomic mass is 9.78. The van der Waals surface area contributed by atoms with Crippen molar-refractivity contribution in [3.63, 3.8) is 0 Å². The van der Waals surface area contributed by atoms with Crippen LogP contribution in [0.15, 0.2) is 29.1 Å². The van der Waals surface area contributed by atoms with E-state index in [9.17, 15) is 9.59 Å². The average Bonchev–Trinajstić information content (AvgIpc) is 2.59. The van der Waals surface area contributed by atoms with E-state index >= 15 is 0 Å². The van der Waals surface area contributed by atoms with E-state index in [0.29, 0.717) is 34.8 Å². The second-order valence-corrected chi connectivity index (χ2v) is 6.86. The third-order valence-corrected chi connectivity index (χ3v) is 5.41. The number of hydrogen-bond donors (Lipinski definition) is 1. The van der Waals surface area contributed by atoms with E-state index in [1.807, 2.05) is 19.1 Å². The van der Waals surface area contributed by atoms with Crippen LogP contribution < -0.4 is 10.9 Å². The molecule has 1 heterocycles. The molecule has 1 N–H and O–H groups in total. The van der Waals surface area contributed by atoms with E-state index in [-0.39, 0.29) is 17.5 Å². The summed E-state index contributed by atoms with van der Waals surface area (Å²) in [5.74, 6) is 0.878. The third-order valence-electron chi connectivity index (χ3n) is 5.41. The summed E-state index contributed by atoms with van der Waals surface area (Å²) in [6.07, 6.45) is 3.36. The standard InChI is InChI=1S/C19H25N3O2/c1-4-22-19(24)15-10-6-5-9-14(15)17(21-22)18(23)20-16-11-7-8-12(2)13(16)3/h5-6,9-10,12-13,16H,4,7-8,11H2,1-3H3,(H,20,23)/t12-,13-,16+/m0/s1. The minimum Gasteiger partial charge on any atom is -0.348 e. The summed E-state index contributed by atoms with van der Waals surface area (Å²) >= 11 is 0. The molecule has 24 heavy (non-hydrogen) atoms. The molecule has 0 unspecified atom stereocenters. The number of nitrogens with zero attached hydrogens (tertiary/aromatic N) is 2. The molecule has 5 heteroatoms. The van der Waals surface area contributed by atoms with Gasteiger partial charge in [0.05, 0.1) is 5.39 Å². The van der Waals surface area contributed by atoms with Gasteiger partial charge in [0.1, 0.15) is 0 Å². The maximum atomic E-state index is 12.9. The van der Waals surface area contributed by atoms with Crippen molar-refractivity contribution in [3.8, 4) is 0 Å². The molecule has 5 nitrogen and oxygen atoms in total. The van der Waals surface area contributed by atoms with Gasteiger partial charge in [-0.15, -0.1) is 0 Å². The van der Waals surface area contributed by atoms with Gasteiger partial charge in [0.25, 0.3) is 11.5 Å². The number of amides is 1. The molecule has 0 radical (unpaired) electrons. The van der Waals surface area contributed by atoms with E-state index in [1.165, 1.54) is 11.1 Å². The second-order valence-electron chi connectivity index (χ2n) is 6.86. The highest BCUT2D eigenvalue weighted by atomic mass is 16.2. The van der Waals surface area contributed by atoms with Crippen molar-refractivity contribution in [2.75, 3.05) is 0 Å². The molecule has 1 aromatic carbocycles. The first-order valence-corrected chi connectivity index (χ1v) is 8.83. The lowest BCUT2D eigenvalue weighted by Gasteiger charge is -2.34. The molecule has 0 bridgehead atoms. The van der Waals surface area contributed by atoms with Gasteiger partial charge in [-0.05, 0) is 31.2 Å². The molecule has 2 aromatic rings. The van der Waals surface area contributed by atoms with Crippen molar-refractivity contribution in [1.82, 2.24) is 15.1 Å². The molecular formula is C19H25N3O2. The van der Waals surface area contributed by atoms with Gasteiger partial charge in [0.2, 0.25) is 0 Å². The fourth-order valence-electron chi connectivity index (χ4n) is 3.64. The van der Waals surface area contributed by atoms with Gasteiger partial charge < -0.3 is 5.32 Å². The Morgan fingerprint density at radius 2 is 1.96 bits per heavy atom. The van der Waals surface area contributed by atoms with Crippen molar-refractivity contribution in [1.29, 1.82) is 0 Å². The van der Waals surface area contributed by atoms with Crippen LogP contribution in [0.3, 0.4) is 0 Å². The lowest BCUT2D eigenvalue weighted by Crippen LogP contribution is -2.44. The molecule has 128 valence electrons. The fraction of sp³-hybridized carbons (Fsp3) is 0.526. The summed E-state index contributed by atoms with van der Waals surface area (Å²) in [6, 6.07) is 7.38. The smallest absolute Gasteiger partial charge is 0.274 e. The summed E-state index contributed by atoms with van der Waals surface area (Å²) < 4.78 is 1.37. The minimum atomic E-state index is -0.181. The minimum absolute atomic E-state index is 0.149. The van der Waals surface area contributed by atoms with Crippen LogP contribution in [0, 0.1) is 11.8 Å². The van der Waals surface area contributed by atoms with Crippen LogP contribution in [0.2, 0.25) is 0 Å². The van der Waals surface area contributed by atoms with Crippen LogP contribution >= 0.6 is 0 Å². The maximum Gasteiger partial charge on any atom is 0.274 e. The number of benzene rings is 1. The zero-order valence-electron chi connectivity index (χ0n) is 14.6.